The molecule has 0 aliphatic rings. The second-order valence-electron chi connectivity index (χ2n) is 3.25. The van der Waals surface area contributed by atoms with E-state index in [4.69, 9.17) is 5.11 Å². The topological polar surface area (TPSA) is 40.5 Å². The molecule has 0 saturated carbocycles. The highest BCUT2D eigenvalue weighted by molar-refractivity contribution is 5.86. The Kier molecular flexibility index (Phi) is 7.11. The van der Waals surface area contributed by atoms with Gasteiger partial charge in [0.25, 0.3) is 0 Å². The van der Waals surface area contributed by atoms with Crippen LogP contribution in [0.5, 0.6) is 0 Å². The number of nitrogens with zero attached hydrogens (tertiary/aromatic N) is 1. The molecule has 0 amide bonds. The second kappa shape index (κ2) is 7.56. The Morgan fingerprint density at radius 3 is 2.29 bits per heavy atom. The number of rotatable bonds is 7. The van der Waals surface area contributed by atoms with E-state index >= 15 is 0 Å². The zero-order chi connectivity index (χ0) is 11.0. The summed E-state index contributed by atoms with van der Waals surface area (Å²) in [6.07, 6.45) is 3.28. The van der Waals surface area contributed by atoms with E-state index in [1.807, 2.05) is 0 Å². The van der Waals surface area contributed by atoms with Gasteiger partial charge in [-0.2, -0.15) is 0 Å². The number of allylic oxidation sites excluding steroid dienone is 1. The van der Waals surface area contributed by atoms with Crippen LogP contribution in [0.15, 0.2) is 11.6 Å². The van der Waals surface area contributed by atoms with Crippen molar-refractivity contribution < 1.29 is 9.90 Å². The van der Waals surface area contributed by atoms with Gasteiger partial charge in [0.2, 0.25) is 0 Å². The summed E-state index contributed by atoms with van der Waals surface area (Å²) in [6, 6.07) is 0. The molecule has 0 heterocycles. The molecule has 0 atom stereocenters. The van der Waals surface area contributed by atoms with Crippen LogP contribution < -0.4 is 0 Å². The summed E-state index contributed by atoms with van der Waals surface area (Å²) < 4.78 is 0. The van der Waals surface area contributed by atoms with Gasteiger partial charge in [-0.15, -0.1) is 0 Å². The summed E-state index contributed by atoms with van der Waals surface area (Å²) in [5, 5.41) is 8.77. The molecule has 0 unspecified atom stereocenters. The van der Waals surface area contributed by atoms with Gasteiger partial charge in [0.15, 0.2) is 0 Å². The van der Waals surface area contributed by atoms with Crippen LogP contribution in [0.4, 0.5) is 0 Å². The number of carboxylic acid groups (broad SMARTS) is 1. The molecule has 3 nitrogen and oxygen atoms in total. The van der Waals surface area contributed by atoms with Crippen LogP contribution in [-0.2, 0) is 4.79 Å². The molecule has 82 valence electrons. The van der Waals surface area contributed by atoms with Crippen molar-refractivity contribution in [1.29, 1.82) is 0 Å². The van der Waals surface area contributed by atoms with E-state index in [1.54, 1.807) is 13.0 Å². The first kappa shape index (κ1) is 13.2. The van der Waals surface area contributed by atoms with Crippen LogP contribution >= 0.6 is 0 Å². The molecule has 0 saturated heterocycles. The van der Waals surface area contributed by atoms with E-state index in [1.165, 1.54) is 0 Å². The van der Waals surface area contributed by atoms with Gasteiger partial charge in [0.1, 0.15) is 0 Å². The molecule has 1 N–H and O–H groups in total. The Bertz CT molecular complexity index is 195. The highest BCUT2D eigenvalue weighted by Crippen LogP contribution is 2.06. The molecular formula is C11H21NO2. The molecular weight excluding hydrogens is 178 g/mol. The third-order valence-corrected chi connectivity index (χ3v) is 2.44. The van der Waals surface area contributed by atoms with E-state index in [0.717, 1.165) is 26.1 Å². The molecule has 0 fully saturated rings. The zero-order valence-corrected chi connectivity index (χ0v) is 9.42. The molecule has 0 bridgehead atoms. The molecule has 0 radical (unpaired) electrons. The lowest BCUT2D eigenvalue weighted by Gasteiger charge is -2.17. The monoisotopic (exact) mass is 199 g/mol. The van der Waals surface area contributed by atoms with Crippen molar-refractivity contribution in [3.63, 3.8) is 0 Å². The van der Waals surface area contributed by atoms with Crippen molar-refractivity contribution in [2.75, 3.05) is 19.6 Å². The van der Waals surface area contributed by atoms with Crippen LogP contribution in [0, 0.1) is 0 Å². The van der Waals surface area contributed by atoms with Crippen molar-refractivity contribution in [3.8, 4) is 0 Å². The summed E-state index contributed by atoms with van der Waals surface area (Å²) in [7, 11) is 0. The normalized spacial score (nSPS) is 12.1. The minimum atomic E-state index is -0.785. The predicted octanol–water partition coefficient (Wildman–Crippen LogP) is 2.14. The Balaban J connectivity index is 3.77. The highest BCUT2D eigenvalue weighted by atomic mass is 16.4. The van der Waals surface area contributed by atoms with Crippen molar-refractivity contribution in [2.45, 2.75) is 33.6 Å². The van der Waals surface area contributed by atoms with Gasteiger partial charge in [0.05, 0.1) is 0 Å². The zero-order valence-electron chi connectivity index (χ0n) is 9.42. The quantitative estimate of drug-likeness (QED) is 0.639. The van der Waals surface area contributed by atoms with Crippen LogP contribution in [0.3, 0.4) is 0 Å². The lowest BCUT2D eigenvalue weighted by molar-refractivity contribution is -0.132. The lowest BCUT2D eigenvalue weighted by Crippen LogP contribution is -2.24. The Morgan fingerprint density at radius 2 is 1.93 bits per heavy atom. The van der Waals surface area contributed by atoms with Crippen LogP contribution in [0.1, 0.15) is 33.6 Å². The maximum atomic E-state index is 10.7. The minimum absolute atomic E-state index is 0.525. The number of hydrogen-bond donors (Lipinski definition) is 1. The Labute approximate surface area is 86.4 Å². The van der Waals surface area contributed by atoms with Crippen LogP contribution in [0.2, 0.25) is 0 Å². The van der Waals surface area contributed by atoms with Gasteiger partial charge in [0, 0.05) is 5.57 Å². The van der Waals surface area contributed by atoms with E-state index in [2.05, 4.69) is 18.7 Å². The van der Waals surface area contributed by atoms with Gasteiger partial charge < -0.3 is 10.0 Å². The van der Waals surface area contributed by atoms with Gasteiger partial charge in [-0.25, -0.2) is 4.79 Å². The van der Waals surface area contributed by atoms with Crippen molar-refractivity contribution in [1.82, 2.24) is 4.90 Å². The summed E-state index contributed by atoms with van der Waals surface area (Å²) in [4.78, 5) is 13.0. The Morgan fingerprint density at radius 1 is 1.36 bits per heavy atom. The summed E-state index contributed by atoms with van der Waals surface area (Å²) in [6.45, 7) is 9.08. The third kappa shape index (κ3) is 5.02. The van der Waals surface area contributed by atoms with Crippen molar-refractivity contribution in [3.05, 3.63) is 11.6 Å². The average molecular weight is 199 g/mol. The molecule has 0 aliphatic carbocycles. The molecule has 0 aromatic heterocycles. The first-order valence-electron chi connectivity index (χ1n) is 5.26. The molecule has 0 aromatic carbocycles. The lowest BCUT2D eigenvalue weighted by atomic mass is 10.1. The van der Waals surface area contributed by atoms with Gasteiger partial charge in [-0.05, 0) is 39.4 Å². The van der Waals surface area contributed by atoms with Crippen LogP contribution in [0.25, 0.3) is 0 Å². The Hall–Kier alpha value is -0.830. The average Bonchev–Trinajstić information content (AvgIpc) is 2.18. The number of aliphatic carboxylic acids is 1. The van der Waals surface area contributed by atoms with E-state index in [9.17, 15) is 4.79 Å². The molecule has 0 aliphatic heterocycles. The summed E-state index contributed by atoms with van der Waals surface area (Å²) in [5.74, 6) is -0.785. The maximum Gasteiger partial charge on any atom is 0.331 e. The summed E-state index contributed by atoms with van der Waals surface area (Å²) in [5.41, 5.74) is 0.525. The molecule has 14 heavy (non-hydrogen) atoms. The largest absolute Gasteiger partial charge is 0.478 e. The molecule has 3 heteroatoms. The molecule has 0 rings (SSSR count). The smallest absolute Gasteiger partial charge is 0.331 e. The maximum absolute atomic E-state index is 10.7. The fraction of sp³-hybridized carbons (Fsp3) is 0.727. The number of carbonyl (C=O) groups is 1. The minimum Gasteiger partial charge on any atom is -0.478 e. The number of carboxylic acids is 1. The predicted molar refractivity (Wildman–Crippen MR) is 58.4 cm³/mol. The first-order valence-corrected chi connectivity index (χ1v) is 5.26. The van der Waals surface area contributed by atoms with E-state index in [-0.39, 0.29) is 0 Å². The van der Waals surface area contributed by atoms with Gasteiger partial charge in [-0.1, -0.05) is 19.9 Å². The SMILES string of the molecule is C/C=C(\CCCN(CC)CC)C(=O)O. The van der Waals surface area contributed by atoms with Gasteiger partial charge >= 0.3 is 5.97 Å². The highest BCUT2D eigenvalue weighted by Gasteiger charge is 2.06. The van der Waals surface area contributed by atoms with Crippen molar-refractivity contribution in [2.24, 2.45) is 0 Å². The fourth-order valence-corrected chi connectivity index (χ4v) is 1.41. The van der Waals surface area contributed by atoms with E-state index < -0.39 is 5.97 Å². The first-order chi connectivity index (χ1) is 6.65. The van der Waals surface area contributed by atoms with Gasteiger partial charge in [-0.3, -0.25) is 0 Å². The van der Waals surface area contributed by atoms with E-state index in [0.29, 0.717) is 12.0 Å². The summed E-state index contributed by atoms with van der Waals surface area (Å²) >= 11 is 0. The molecule has 0 aromatic rings. The van der Waals surface area contributed by atoms with Crippen LogP contribution in [-0.4, -0.2) is 35.6 Å². The fourth-order valence-electron chi connectivity index (χ4n) is 1.41. The van der Waals surface area contributed by atoms with Crippen molar-refractivity contribution >= 4 is 5.97 Å². The molecule has 0 spiro atoms. The number of hydrogen-bond acceptors (Lipinski definition) is 2. The standard InChI is InChI=1S/C11H21NO2/c1-4-10(11(13)14)8-7-9-12(5-2)6-3/h4H,5-9H2,1-3H3,(H,13,14)/b10-4+. The second-order valence-corrected chi connectivity index (χ2v) is 3.25. The third-order valence-electron chi connectivity index (χ3n) is 2.44.